The summed E-state index contributed by atoms with van der Waals surface area (Å²) in [5.41, 5.74) is 2.65. The first-order chi connectivity index (χ1) is 12.5. The topological polar surface area (TPSA) is 62.3 Å². The van der Waals surface area contributed by atoms with Crippen LogP contribution in [0, 0.1) is 0 Å². The summed E-state index contributed by atoms with van der Waals surface area (Å²) in [6.07, 6.45) is 3.27. The van der Waals surface area contributed by atoms with Crippen LogP contribution >= 0.6 is 11.3 Å². The molecule has 138 valence electrons. The molecule has 2 aromatic rings. The SMILES string of the molecule is CC(C)c1ccc(-c2nc(C(=O)NCC(=O)N3CCCCC3)cs2)cc1. The van der Waals surface area contributed by atoms with Crippen LogP contribution in [0.5, 0.6) is 0 Å². The highest BCUT2D eigenvalue weighted by atomic mass is 32.1. The average molecular weight is 372 g/mol. The number of nitrogens with one attached hydrogen (secondary N) is 1. The smallest absolute Gasteiger partial charge is 0.271 e. The second kappa shape index (κ2) is 8.45. The van der Waals surface area contributed by atoms with Crippen LogP contribution in [0.25, 0.3) is 10.6 Å². The molecule has 0 radical (unpaired) electrons. The summed E-state index contributed by atoms with van der Waals surface area (Å²) >= 11 is 1.44. The van der Waals surface area contributed by atoms with Crippen LogP contribution in [0.15, 0.2) is 29.6 Å². The van der Waals surface area contributed by atoms with Crippen molar-refractivity contribution in [2.75, 3.05) is 19.6 Å². The third-order valence-corrected chi connectivity index (χ3v) is 5.56. The molecule has 1 saturated heterocycles. The van der Waals surface area contributed by atoms with Gasteiger partial charge in [-0.1, -0.05) is 38.1 Å². The lowest BCUT2D eigenvalue weighted by molar-refractivity contribution is -0.130. The minimum atomic E-state index is -0.295. The van der Waals surface area contributed by atoms with E-state index in [1.165, 1.54) is 23.3 Å². The van der Waals surface area contributed by atoms with Gasteiger partial charge in [-0.05, 0) is 30.7 Å². The predicted octanol–water partition coefficient (Wildman–Crippen LogP) is 3.68. The van der Waals surface area contributed by atoms with Gasteiger partial charge in [0, 0.05) is 24.0 Å². The van der Waals surface area contributed by atoms with Crippen molar-refractivity contribution in [2.45, 2.75) is 39.0 Å². The number of benzene rings is 1. The Kier molecular flexibility index (Phi) is 6.04. The number of hydrogen-bond donors (Lipinski definition) is 1. The van der Waals surface area contributed by atoms with Crippen molar-refractivity contribution in [1.29, 1.82) is 0 Å². The molecule has 0 saturated carbocycles. The van der Waals surface area contributed by atoms with Gasteiger partial charge >= 0.3 is 0 Å². The lowest BCUT2D eigenvalue weighted by Crippen LogP contribution is -2.42. The molecule has 0 aliphatic carbocycles. The average Bonchev–Trinajstić information content (AvgIpc) is 3.17. The number of amides is 2. The Morgan fingerprint density at radius 1 is 1.15 bits per heavy atom. The van der Waals surface area contributed by atoms with E-state index in [1.807, 2.05) is 17.0 Å². The molecule has 1 N–H and O–H groups in total. The highest BCUT2D eigenvalue weighted by Gasteiger charge is 2.18. The fourth-order valence-corrected chi connectivity index (χ4v) is 3.83. The molecule has 2 amide bonds. The fourth-order valence-electron chi connectivity index (χ4n) is 3.02. The Morgan fingerprint density at radius 2 is 1.85 bits per heavy atom. The fraction of sp³-hybridized carbons (Fsp3) is 0.450. The Morgan fingerprint density at radius 3 is 2.50 bits per heavy atom. The maximum absolute atomic E-state index is 12.3. The summed E-state index contributed by atoms with van der Waals surface area (Å²) < 4.78 is 0. The van der Waals surface area contributed by atoms with E-state index in [1.54, 1.807) is 5.38 Å². The van der Waals surface area contributed by atoms with Gasteiger partial charge in [-0.15, -0.1) is 11.3 Å². The standard InChI is InChI=1S/C20H25N3O2S/c1-14(2)15-6-8-16(9-7-15)20-22-17(13-26-20)19(25)21-12-18(24)23-10-4-3-5-11-23/h6-9,13-14H,3-5,10-12H2,1-2H3,(H,21,25). The van der Waals surface area contributed by atoms with Crippen molar-refractivity contribution in [3.05, 3.63) is 40.9 Å². The van der Waals surface area contributed by atoms with E-state index in [4.69, 9.17) is 0 Å². The molecule has 1 aliphatic rings. The summed E-state index contributed by atoms with van der Waals surface area (Å²) in [5, 5.41) is 5.25. The molecule has 0 unspecified atom stereocenters. The van der Waals surface area contributed by atoms with Crippen LogP contribution in [-0.2, 0) is 4.79 Å². The third kappa shape index (κ3) is 4.49. The van der Waals surface area contributed by atoms with E-state index in [0.717, 1.165) is 36.5 Å². The minimum Gasteiger partial charge on any atom is -0.342 e. The number of nitrogens with zero attached hydrogens (tertiary/aromatic N) is 2. The number of aromatic nitrogens is 1. The third-order valence-electron chi connectivity index (χ3n) is 4.67. The Hall–Kier alpha value is -2.21. The van der Waals surface area contributed by atoms with E-state index >= 15 is 0 Å². The van der Waals surface area contributed by atoms with Crippen molar-refractivity contribution in [2.24, 2.45) is 0 Å². The van der Waals surface area contributed by atoms with E-state index in [0.29, 0.717) is 11.6 Å². The number of piperidine rings is 1. The molecule has 0 atom stereocenters. The predicted molar refractivity (Wildman–Crippen MR) is 104 cm³/mol. The molecule has 1 aromatic heterocycles. The summed E-state index contributed by atoms with van der Waals surface area (Å²) in [6.45, 7) is 5.94. The first-order valence-electron chi connectivity index (χ1n) is 9.16. The van der Waals surface area contributed by atoms with Crippen LogP contribution < -0.4 is 5.32 Å². The highest BCUT2D eigenvalue weighted by Crippen LogP contribution is 2.25. The van der Waals surface area contributed by atoms with Gasteiger partial charge in [-0.25, -0.2) is 4.98 Å². The molecular weight excluding hydrogens is 346 g/mol. The monoisotopic (exact) mass is 371 g/mol. The van der Waals surface area contributed by atoms with Gasteiger partial charge in [0.15, 0.2) is 0 Å². The molecule has 1 aliphatic heterocycles. The number of carbonyl (C=O) groups is 2. The van der Waals surface area contributed by atoms with Crippen molar-refractivity contribution < 1.29 is 9.59 Å². The van der Waals surface area contributed by atoms with Crippen LogP contribution in [0.4, 0.5) is 0 Å². The van der Waals surface area contributed by atoms with Crippen molar-refractivity contribution >= 4 is 23.2 Å². The van der Waals surface area contributed by atoms with Gasteiger partial charge in [0.2, 0.25) is 5.91 Å². The van der Waals surface area contributed by atoms with Crippen LogP contribution in [-0.4, -0.2) is 41.3 Å². The quantitative estimate of drug-likeness (QED) is 0.872. The summed E-state index contributed by atoms with van der Waals surface area (Å²) in [5.74, 6) is 0.175. The van der Waals surface area contributed by atoms with Crippen LogP contribution in [0.3, 0.4) is 0 Å². The normalized spacial score (nSPS) is 14.5. The molecule has 3 rings (SSSR count). The maximum atomic E-state index is 12.3. The van der Waals surface area contributed by atoms with Gasteiger partial charge in [0.05, 0.1) is 6.54 Å². The molecule has 5 nitrogen and oxygen atoms in total. The zero-order chi connectivity index (χ0) is 18.5. The molecular formula is C20H25N3O2S. The second-order valence-corrected chi connectivity index (χ2v) is 7.80. The Labute approximate surface area is 158 Å². The number of rotatable bonds is 5. The zero-order valence-corrected chi connectivity index (χ0v) is 16.1. The largest absolute Gasteiger partial charge is 0.342 e. The van der Waals surface area contributed by atoms with Crippen LogP contribution in [0.1, 0.15) is 55.1 Å². The number of thiazole rings is 1. The molecule has 1 aromatic carbocycles. The molecule has 0 bridgehead atoms. The van der Waals surface area contributed by atoms with Gasteiger partial charge in [0.25, 0.3) is 5.91 Å². The molecule has 0 spiro atoms. The van der Waals surface area contributed by atoms with Gasteiger partial charge in [0.1, 0.15) is 10.7 Å². The molecule has 26 heavy (non-hydrogen) atoms. The lowest BCUT2D eigenvalue weighted by Gasteiger charge is -2.26. The van der Waals surface area contributed by atoms with Gasteiger partial charge in [-0.3, -0.25) is 9.59 Å². The zero-order valence-electron chi connectivity index (χ0n) is 15.3. The first kappa shape index (κ1) is 18.6. The number of likely N-dealkylation sites (tertiary alicyclic amines) is 1. The van der Waals surface area contributed by atoms with Gasteiger partial charge in [-0.2, -0.15) is 0 Å². The minimum absolute atomic E-state index is 0.0159. The molecule has 6 heteroatoms. The van der Waals surface area contributed by atoms with E-state index in [2.05, 4.69) is 36.3 Å². The van der Waals surface area contributed by atoms with E-state index in [9.17, 15) is 9.59 Å². The van der Waals surface area contributed by atoms with Crippen molar-refractivity contribution in [3.8, 4) is 10.6 Å². The Bertz CT molecular complexity index is 762. The summed E-state index contributed by atoms with van der Waals surface area (Å²) in [6, 6.07) is 8.27. The number of carbonyl (C=O) groups excluding carboxylic acids is 2. The van der Waals surface area contributed by atoms with E-state index in [-0.39, 0.29) is 18.4 Å². The van der Waals surface area contributed by atoms with Crippen molar-refractivity contribution in [3.63, 3.8) is 0 Å². The second-order valence-electron chi connectivity index (χ2n) is 6.94. The number of hydrogen-bond acceptors (Lipinski definition) is 4. The lowest BCUT2D eigenvalue weighted by atomic mass is 10.0. The van der Waals surface area contributed by atoms with E-state index < -0.39 is 0 Å². The Balaban J connectivity index is 1.58. The summed E-state index contributed by atoms with van der Waals surface area (Å²) in [4.78, 5) is 30.7. The van der Waals surface area contributed by atoms with Crippen LogP contribution in [0.2, 0.25) is 0 Å². The first-order valence-corrected chi connectivity index (χ1v) is 10.0. The molecule has 2 heterocycles. The highest BCUT2D eigenvalue weighted by molar-refractivity contribution is 7.13. The maximum Gasteiger partial charge on any atom is 0.271 e. The molecule has 1 fully saturated rings. The van der Waals surface area contributed by atoms with Crippen molar-refractivity contribution in [1.82, 2.24) is 15.2 Å². The van der Waals surface area contributed by atoms with Gasteiger partial charge < -0.3 is 10.2 Å². The summed E-state index contributed by atoms with van der Waals surface area (Å²) in [7, 11) is 0.